The van der Waals surface area contributed by atoms with E-state index in [2.05, 4.69) is 10.5 Å². The normalized spacial score (nSPS) is 10.8. The SMILES string of the molecule is CC(=O)NN=Cc1ccc(OC(C)C)cc1. The van der Waals surface area contributed by atoms with Gasteiger partial charge in [0.15, 0.2) is 0 Å². The van der Waals surface area contributed by atoms with Gasteiger partial charge < -0.3 is 4.74 Å². The van der Waals surface area contributed by atoms with Crippen molar-refractivity contribution in [2.24, 2.45) is 5.10 Å². The predicted octanol–water partition coefficient (Wildman–Crippen LogP) is 1.94. The molecule has 0 unspecified atom stereocenters. The molecule has 1 aromatic carbocycles. The van der Waals surface area contributed by atoms with Crippen LogP contribution in [0.1, 0.15) is 26.3 Å². The van der Waals surface area contributed by atoms with Crippen molar-refractivity contribution in [3.63, 3.8) is 0 Å². The Morgan fingerprint density at radius 1 is 1.38 bits per heavy atom. The van der Waals surface area contributed by atoms with Crippen molar-refractivity contribution < 1.29 is 9.53 Å². The molecule has 0 spiro atoms. The molecular weight excluding hydrogens is 204 g/mol. The zero-order chi connectivity index (χ0) is 12.0. The summed E-state index contributed by atoms with van der Waals surface area (Å²) >= 11 is 0. The maximum absolute atomic E-state index is 10.6. The molecule has 0 saturated heterocycles. The van der Waals surface area contributed by atoms with E-state index in [-0.39, 0.29) is 12.0 Å². The first kappa shape index (κ1) is 12.2. The van der Waals surface area contributed by atoms with Crippen LogP contribution in [0.2, 0.25) is 0 Å². The minimum absolute atomic E-state index is 0.166. The van der Waals surface area contributed by atoms with Crippen LogP contribution < -0.4 is 10.2 Å². The lowest BCUT2D eigenvalue weighted by atomic mass is 10.2. The molecular formula is C12H16N2O2. The van der Waals surface area contributed by atoms with Gasteiger partial charge in [-0.15, -0.1) is 0 Å². The van der Waals surface area contributed by atoms with Gasteiger partial charge in [0, 0.05) is 6.92 Å². The number of carbonyl (C=O) groups is 1. The fourth-order valence-corrected chi connectivity index (χ4v) is 1.10. The van der Waals surface area contributed by atoms with E-state index in [4.69, 9.17) is 4.74 Å². The third-order valence-electron chi connectivity index (χ3n) is 1.69. The Hall–Kier alpha value is -1.84. The number of amides is 1. The van der Waals surface area contributed by atoms with Crippen LogP contribution in [0.4, 0.5) is 0 Å². The summed E-state index contributed by atoms with van der Waals surface area (Å²) in [6, 6.07) is 7.50. The Balaban J connectivity index is 2.57. The Bertz CT molecular complexity index is 369. The molecule has 0 aliphatic rings. The lowest BCUT2D eigenvalue weighted by molar-refractivity contribution is -0.118. The van der Waals surface area contributed by atoms with Crippen LogP contribution in [-0.4, -0.2) is 18.2 Å². The fraction of sp³-hybridized carbons (Fsp3) is 0.333. The van der Waals surface area contributed by atoms with Crippen molar-refractivity contribution in [1.82, 2.24) is 5.43 Å². The summed E-state index contributed by atoms with van der Waals surface area (Å²) in [4.78, 5) is 10.6. The lowest BCUT2D eigenvalue weighted by Crippen LogP contribution is -2.12. The lowest BCUT2D eigenvalue weighted by Gasteiger charge is -2.08. The van der Waals surface area contributed by atoms with Gasteiger partial charge in [-0.3, -0.25) is 4.79 Å². The number of nitrogens with zero attached hydrogens (tertiary/aromatic N) is 1. The van der Waals surface area contributed by atoms with Crippen molar-refractivity contribution in [2.45, 2.75) is 26.9 Å². The molecule has 0 aromatic heterocycles. The topological polar surface area (TPSA) is 50.7 Å². The minimum Gasteiger partial charge on any atom is -0.491 e. The van der Waals surface area contributed by atoms with Gasteiger partial charge in [-0.2, -0.15) is 5.10 Å². The highest BCUT2D eigenvalue weighted by Gasteiger charge is 1.96. The number of hydrogen-bond donors (Lipinski definition) is 1. The molecule has 0 bridgehead atoms. The smallest absolute Gasteiger partial charge is 0.236 e. The molecule has 4 heteroatoms. The van der Waals surface area contributed by atoms with Gasteiger partial charge >= 0.3 is 0 Å². The number of rotatable bonds is 4. The van der Waals surface area contributed by atoms with Gasteiger partial charge in [0.25, 0.3) is 0 Å². The monoisotopic (exact) mass is 220 g/mol. The first-order valence-electron chi connectivity index (χ1n) is 5.14. The maximum atomic E-state index is 10.6. The average Bonchev–Trinajstić information content (AvgIpc) is 2.19. The van der Waals surface area contributed by atoms with E-state index in [1.807, 2.05) is 38.1 Å². The Morgan fingerprint density at radius 2 is 2.00 bits per heavy atom. The second-order valence-electron chi connectivity index (χ2n) is 3.66. The van der Waals surface area contributed by atoms with Crippen LogP contribution in [0.3, 0.4) is 0 Å². The standard InChI is InChI=1S/C12H16N2O2/c1-9(2)16-12-6-4-11(5-7-12)8-13-14-10(3)15/h4-9H,1-3H3,(H,14,15). The summed E-state index contributed by atoms with van der Waals surface area (Å²) in [6.07, 6.45) is 1.75. The molecule has 0 heterocycles. The summed E-state index contributed by atoms with van der Waals surface area (Å²) in [5, 5.41) is 3.77. The number of nitrogens with one attached hydrogen (secondary N) is 1. The molecule has 1 amide bonds. The highest BCUT2D eigenvalue weighted by Crippen LogP contribution is 2.12. The van der Waals surface area contributed by atoms with E-state index in [0.29, 0.717) is 0 Å². The van der Waals surface area contributed by atoms with Crippen molar-refractivity contribution >= 4 is 12.1 Å². The predicted molar refractivity (Wildman–Crippen MR) is 63.6 cm³/mol. The van der Waals surface area contributed by atoms with Crippen molar-refractivity contribution in [3.8, 4) is 5.75 Å². The van der Waals surface area contributed by atoms with E-state index in [1.165, 1.54) is 6.92 Å². The molecule has 0 saturated carbocycles. The molecule has 86 valence electrons. The van der Waals surface area contributed by atoms with Crippen LogP contribution in [0.25, 0.3) is 0 Å². The number of hydrazone groups is 1. The zero-order valence-corrected chi connectivity index (χ0v) is 9.73. The van der Waals surface area contributed by atoms with E-state index in [9.17, 15) is 4.79 Å². The quantitative estimate of drug-likeness (QED) is 0.622. The summed E-state index contributed by atoms with van der Waals surface area (Å²) in [7, 11) is 0. The molecule has 1 aromatic rings. The third-order valence-corrected chi connectivity index (χ3v) is 1.69. The van der Waals surface area contributed by atoms with Gasteiger partial charge in [0.05, 0.1) is 12.3 Å². The zero-order valence-electron chi connectivity index (χ0n) is 9.73. The molecule has 0 atom stereocenters. The minimum atomic E-state index is -0.184. The van der Waals surface area contributed by atoms with Gasteiger partial charge in [0.1, 0.15) is 5.75 Å². The van der Waals surface area contributed by atoms with Gasteiger partial charge in [-0.1, -0.05) is 0 Å². The number of benzene rings is 1. The number of carbonyl (C=O) groups excluding carboxylic acids is 1. The summed E-state index contributed by atoms with van der Waals surface area (Å²) in [6.45, 7) is 5.37. The average molecular weight is 220 g/mol. The van der Waals surface area contributed by atoms with Gasteiger partial charge in [0.2, 0.25) is 5.91 Å². The van der Waals surface area contributed by atoms with Crippen LogP contribution in [-0.2, 0) is 4.79 Å². The molecule has 16 heavy (non-hydrogen) atoms. The molecule has 1 N–H and O–H groups in total. The summed E-state index contributed by atoms with van der Waals surface area (Å²) in [5.41, 5.74) is 3.25. The molecule has 0 aliphatic heterocycles. The Morgan fingerprint density at radius 3 is 2.50 bits per heavy atom. The van der Waals surface area contributed by atoms with Crippen LogP contribution in [0.15, 0.2) is 29.4 Å². The summed E-state index contributed by atoms with van der Waals surface area (Å²) in [5.74, 6) is 0.641. The Kier molecular flexibility index (Phi) is 4.51. The van der Waals surface area contributed by atoms with Crippen molar-refractivity contribution in [2.75, 3.05) is 0 Å². The fourth-order valence-electron chi connectivity index (χ4n) is 1.10. The molecule has 1 rings (SSSR count). The van der Waals surface area contributed by atoms with Crippen LogP contribution in [0.5, 0.6) is 5.75 Å². The van der Waals surface area contributed by atoms with Gasteiger partial charge in [-0.25, -0.2) is 5.43 Å². The first-order chi connectivity index (χ1) is 7.58. The van der Waals surface area contributed by atoms with E-state index in [0.717, 1.165) is 11.3 Å². The van der Waals surface area contributed by atoms with Crippen LogP contribution >= 0.6 is 0 Å². The summed E-state index contributed by atoms with van der Waals surface area (Å²) < 4.78 is 5.50. The molecule has 0 radical (unpaired) electrons. The number of ether oxygens (including phenoxy) is 1. The maximum Gasteiger partial charge on any atom is 0.236 e. The largest absolute Gasteiger partial charge is 0.491 e. The second kappa shape index (κ2) is 5.90. The van der Waals surface area contributed by atoms with E-state index < -0.39 is 0 Å². The van der Waals surface area contributed by atoms with Crippen molar-refractivity contribution in [3.05, 3.63) is 29.8 Å². The molecule has 0 aliphatic carbocycles. The molecule has 4 nitrogen and oxygen atoms in total. The molecule has 0 fully saturated rings. The van der Waals surface area contributed by atoms with Crippen molar-refractivity contribution in [1.29, 1.82) is 0 Å². The van der Waals surface area contributed by atoms with Crippen LogP contribution in [0, 0.1) is 0 Å². The van der Waals surface area contributed by atoms with E-state index in [1.54, 1.807) is 6.21 Å². The number of hydrogen-bond acceptors (Lipinski definition) is 3. The van der Waals surface area contributed by atoms with Gasteiger partial charge in [-0.05, 0) is 43.7 Å². The first-order valence-corrected chi connectivity index (χ1v) is 5.14. The second-order valence-corrected chi connectivity index (χ2v) is 3.66. The highest BCUT2D eigenvalue weighted by molar-refractivity contribution is 5.81. The third kappa shape index (κ3) is 4.59. The van der Waals surface area contributed by atoms with E-state index >= 15 is 0 Å². The Labute approximate surface area is 95.3 Å². The highest BCUT2D eigenvalue weighted by atomic mass is 16.5.